The van der Waals surface area contributed by atoms with Gasteiger partial charge in [0.05, 0.1) is 36.5 Å². The second-order valence-electron chi connectivity index (χ2n) is 10.0. The summed E-state index contributed by atoms with van der Waals surface area (Å²) in [6.45, 7) is 10.2. The average molecular weight is 600 g/mol. The molecule has 0 saturated carbocycles. The first kappa shape index (κ1) is 29.8. The minimum Gasteiger partial charge on any atom is -0.490 e. The predicted molar refractivity (Wildman–Crippen MR) is 165 cm³/mol. The number of Topliss-reactive ketones (excluding diaryl/α,β-unsaturated/α-hetero) is 1. The van der Waals surface area contributed by atoms with Gasteiger partial charge in [-0.2, -0.15) is 0 Å². The van der Waals surface area contributed by atoms with Gasteiger partial charge in [-0.15, -0.1) is 0 Å². The van der Waals surface area contributed by atoms with Crippen LogP contribution in [0.15, 0.2) is 70.1 Å². The van der Waals surface area contributed by atoms with Crippen molar-refractivity contribution in [1.82, 2.24) is 9.13 Å². The highest BCUT2D eigenvalue weighted by Gasteiger charge is 2.31. The van der Waals surface area contributed by atoms with Crippen LogP contribution in [0.3, 0.4) is 0 Å². The monoisotopic (exact) mass is 599 g/mol. The number of carbonyl (C=O) groups is 2. The lowest BCUT2D eigenvalue weighted by Crippen LogP contribution is -2.39. The first-order valence-corrected chi connectivity index (χ1v) is 14.8. The number of ketones is 1. The van der Waals surface area contributed by atoms with E-state index in [9.17, 15) is 14.4 Å². The van der Waals surface area contributed by atoms with Gasteiger partial charge in [0.25, 0.3) is 5.56 Å². The third-order valence-corrected chi connectivity index (χ3v) is 8.27. The van der Waals surface area contributed by atoms with Gasteiger partial charge in [-0.1, -0.05) is 29.5 Å². The third kappa shape index (κ3) is 5.58. The molecule has 9 nitrogen and oxygen atoms in total. The topological polar surface area (TPSA) is 101 Å². The summed E-state index contributed by atoms with van der Waals surface area (Å²) in [4.78, 5) is 43.8. The van der Waals surface area contributed by atoms with Crippen molar-refractivity contribution >= 4 is 29.2 Å². The predicted octanol–water partition coefficient (Wildman–Crippen LogP) is 4.43. The number of thiazole rings is 1. The van der Waals surface area contributed by atoms with Crippen LogP contribution in [-0.4, -0.2) is 41.2 Å². The zero-order valence-corrected chi connectivity index (χ0v) is 25.8. The number of carbonyl (C=O) groups excluding carboxylic acids is 2. The summed E-state index contributed by atoms with van der Waals surface area (Å²) < 4.78 is 20.7. The maximum atomic E-state index is 14.0. The highest BCUT2D eigenvalue weighted by atomic mass is 32.1. The number of fused-ring (bicyclic) bond motifs is 1. The zero-order valence-electron chi connectivity index (χ0n) is 25.0. The molecule has 0 N–H and O–H groups in total. The zero-order chi connectivity index (χ0) is 30.8. The molecule has 43 heavy (non-hydrogen) atoms. The summed E-state index contributed by atoms with van der Waals surface area (Å²) >= 11 is 1.25. The number of ether oxygens (including phenoxy) is 3. The second kappa shape index (κ2) is 12.3. The fraction of sp³-hybridized carbons (Fsp3) is 0.273. The van der Waals surface area contributed by atoms with Crippen LogP contribution in [0.25, 0.3) is 11.8 Å². The van der Waals surface area contributed by atoms with Crippen LogP contribution in [0, 0.1) is 13.8 Å². The lowest BCUT2D eigenvalue weighted by molar-refractivity contribution is -0.136. The Bertz CT molecular complexity index is 1950. The Balaban J connectivity index is 1.65. The molecule has 1 atom stereocenters. The summed E-state index contributed by atoms with van der Waals surface area (Å²) in [6.07, 6.45) is 3.32. The molecule has 0 unspecified atom stereocenters. The van der Waals surface area contributed by atoms with E-state index in [1.165, 1.54) is 29.2 Å². The Morgan fingerprint density at radius 1 is 1.02 bits per heavy atom. The number of benzene rings is 2. The van der Waals surface area contributed by atoms with Crippen LogP contribution in [0.5, 0.6) is 11.5 Å². The van der Waals surface area contributed by atoms with E-state index in [0.29, 0.717) is 45.2 Å². The standard InChI is InChI=1S/C33H33N3O6S/c1-7-41-27-13-12-23(16-28(27)42-8-2)30-26(32(39)40-6)18-34-33-36(30)31(38)29(43-33)17-24-14-19(3)35(20(24)4)25-11-9-10-22(15-25)21(5)37/h9-18,30H,7-8H2,1-6H3/b29-17-/t30-/m1/s1. The van der Waals surface area contributed by atoms with Crippen molar-refractivity contribution in [1.29, 1.82) is 0 Å². The minimum absolute atomic E-state index is 0.00701. The van der Waals surface area contributed by atoms with Gasteiger partial charge in [-0.25, -0.2) is 9.79 Å². The molecule has 0 spiro atoms. The molecule has 4 aromatic rings. The Kier molecular flexibility index (Phi) is 8.50. The van der Waals surface area contributed by atoms with Gasteiger partial charge in [0.1, 0.15) is 0 Å². The van der Waals surface area contributed by atoms with Gasteiger partial charge in [0, 0.05) is 28.8 Å². The quantitative estimate of drug-likeness (QED) is 0.209. The molecule has 1 aliphatic heterocycles. The Labute approximate surface area is 253 Å². The first-order chi connectivity index (χ1) is 20.7. The van der Waals surface area contributed by atoms with E-state index in [1.54, 1.807) is 25.1 Å². The van der Waals surface area contributed by atoms with E-state index in [0.717, 1.165) is 22.6 Å². The van der Waals surface area contributed by atoms with E-state index in [1.807, 2.05) is 64.1 Å². The van der Waals surface area contributed by atoms with Gasteiger partial charge in [-0.05, 0) is 82.2 Å². The van der Waals surface area contributed by atoms with Gasteiger partial charge in [0.2, 0.25) is 0 Å². The van der Waals surface area contributed by atoms with Crippen LogP contribution in [-0.2, 0) is 9.53 Å². The smallest absolute Gasteiger partial charge is 0.337 e. The maximum Gasteiger partial charge on any atom is 0.337 e. The second-order valence-corrected chi connectivity index (χ2v) is 11.0. The van der Waals surface area contributed by atoms with E-state index in [-0.39, 0.29) is 16.9 Å². The number of methoxy groups -OCH3 is 1. The molecule has 3 heterocycles. The lowest BCUT2D eigenvalue weighted by Gasteiger charge is -2.23. The summed E-state index contributed by atoms with van der Waals surface area (Å²) in [5.41, 5.74) is 4.85. The summed E-state index contributed by atoms with van der Waals surface area (Å²) in [5.74, 6) is 0.512. The Morgan fingerprint density at radius 2 is 1.77 bits per heavy atom. The number of aromatic nitrogens is 2. The van der Waals surface area contributed by atoms with Crippen molar-refractivity contribution in [2.24, 2.45) is 4.99 Å². The molecule has 0 amide bonds. The van der Waals surface area contributed by atoms with Crippen molar-refractivity contribution in [3.63, 3.8) is 0 Å². The molecule has 0 fully saturated rings. The average Bonchev–Trinajstić information content (AvgIpc) is 3.47. The molecule has 0 aliphatic carbocycles. The Hall–Kier alpha value is -4.70. The fourth-order valence-corrected chi connectivity index (χ4v) is 6.28. The number of hydrogen-bond donors (Lipinski definition) is 0. The van der Waals surface area contributed by atoms with E-state index < -0.39 is 12.0 Å². The molecule has 10 heteroatoms. The first-order valence-electron chi connectivity index (χ1n) is 14.0. The van der Waals surface area contributed by atoms with Gasteiger partial charge in [-0.3, -0.25) is 14.2 Å². The molecule has 0 saturated heterocycles. The van der Waals surface area contributed by atoms with Crippen LogP contribution in [0.1, 0.15) is 59.7 Å². The molecule has 222 valence electrons. The number of rotatable bonds is 9. The molecule has 2 aromatic carbocycles. The van der Waals surface area contributed by atoms with Crippen molar-refractivity contribution in [3.05, 3.63) is 108 Å². The van der Waals surface area contributed by atoms with E-state index in [2.05, 4.69) is 9.56 Å². The molecular formula is C33H33N3O6S. The number of nitrogens with zero attached hydrogens (tertiary/aromatic N) is 3. The number of aryl methyl sites for hydroxylation is 1. The Morgan fingerprint density at radius 3 is 2.47 bits per heavy atom. The molecule has 2 aromatic heterocycles. The van der Waals surface area contributed by atoms with Gasteiger partial charge in [0.15, 0.2) is 22.1 Å². The molecule has 1 aliphatic rings. The lowest BCUT2D eigenvalue weighted by atomic mass is 9.97. The molecule has 5 rings (SSSR count). The SMILES string of the molecule is CCOc1ccc([C@@H]2C(C(=O)OC)=CN=c3s/c(=C\c4cc(C)n(-c5cccc(C(C)=O)c5)c4C)c(=O)n32)cc1OCC. The third-order valence-electron chi connectivity index (χ3n) is 7.28. The molecule has 0 radical (unpaired) electrons. The number of esters is 1. The largest absolute Gasteiger partial charge is 0.490 e. The highest BCUT2D eigenvalue weighted by Crippen LogP contribution is 2.35. The van der Waals surface area contributed by atoms with Crippen molar-refractivity contribution < 1.29 is 23.8 Å². The van der Waals surface area contributed by atoms with Gasteiger partial charge < -0.3 is 18.8 Å². The van der Waals surface area contributed by atoms with E-state index in [4.69, 9.17) is 14.2 Å². The maximum absolute atomic E-state index is 14.0. The van der Waals surface area contributed by atoms with E-state index >= 15 is 0 Å². The van der Waals surface area contributed by atoms with Crippen LogP contribution in [0.2, 0.25) is 0 Å². The normalized spacial score (nSPS) is 14.5. The summed E-state index contributed by atoms with van der Waals surface area (Å²) in [5, 5.41) is 0. The van der Waals surface area contributed by atoms with Crippen LogP contribution in [0.4, 0.5) is 0 Å². The molecular weight excluding hydrogens is 566 g/mol. The summed E-state index contributed by atoms with van der Waals surface area (Å²) in [6, 6.07) is 14.1. The minimum atomic E-state index is -0.775. The van der Waals surface area contributed by atoms with Crippen molar-refractivity contribution in [2.45, 2.75) is 40.7 Å². The highest BCUT2D eigenvalue weighted by molar-refractivity contribution is 7.07. The molecule has 0 bridgehead atoms. The van der Waals surface area contributed by atoms with Crippen molar-refractivity contribution in [2.75, 3.05) is 20.3 Å². The van der Waals surface area contributed by atoms with Crippen molar-refractivity contribution in [3.8, 4) is 17.2 Å². The summed E-state index contributed by atoms with van der Waals surface area (Å²) in [7, 11) is 1.30. The van der Waals surface area contributed by atoms with Crippen LogP contribution >= 0.6 is 11.3 Å². The fourth-order valence-electron chi connectivity index (χ4n) is 5.32. The van der Waals surface area contributed by atoms with Gasteiger partial charge >= 0.3 is 5.97 Å². The van der Waals surface area contributed by atoms with Crippen LogP contribution < -0.4 is 24.4 Å². The number of hydrogen-bond acceptors (Lipinski definition) is 8.